The number of guanidine groups is 1. The summed E-state index contributed by atoms with van der Waals surface area (Å²) in [5, 5.41) is 15.8. The Bertz CT molecular complexity index is 767. The minimum atomic E-state index is 0.282. The molecule has 3 rings (SSSR count). The zero-order valence-electron chi connectivity index (χ0n) is 16.7. The van der Waals surface area contributed by atoms with Crippen LogP contribution in [0.25, 0.3) is 0 Å². The molecule has 1 fully saturated rings. The molecule has 2 N–H and O–H groups in total. The van der Waals surface area contributed by atoms with Crippen molar-refractivity contribution in [3.05, 3.63) is 47.0 Å². The van der Waals surface area contributed by atoms with Gasteiger partial charge >= 0.3 is 0 Å². The molecule has 0 bridgehead atoms. The van der Waals surface area contributed by atoms with Crippen molar-refractivity contribution in [2.24, 2.45) is 4.99 Å². The van der Waals surface area contributed by atoms with Crippen molar-refractivity contribution in [1.82, 2.24) is 30.3 Å². The van der Waals surface area contributed by atoms with E-state index in [0.29, 0.717) is 0 Å². The molecule has 1 atom stereocenters. The van der Waals surface area contributed by atoms with Crippen molar-refractivity contribution < 1.29 is 0 Å². The standard InChI is InChI=1S/C20H30ClN7/c1-3-19-26-25-15-28(19)12-9-23-20(22-2)24-14-18(27-10-4-5-11-27)16-7-6-8-17(21)13-16/h6-8,13,15,18H,3-5,9-12,14H2,1-2H3,(H2,22,23,24). The Labute approximate surface area is 172 Å². The summed E-state index contributed by atoms with van der Waals surface area (Å²) in [5.41, 5.74) is 1.24. The van der Waals surface area contributed by atoms with Crippen molar-refractivity contribution in [2.45, 2.75) is 38.8 Å². The largest absolute Gasteiger partial charge is 0.355 e. The number of aliphatic imine (C=N–C) groups is 1. The van der Waals surface area contributed by atoms with Crippen LogP contribution in [-0.4, -0.2) is 58.9 Å². The van der Waals surface area contributed by atoms with Crippen LogP contribution in [-0.2, 0) is 13.0 Å². The summed E-state index contributed by atoms with van der Waals surface area (Å²) in [6.07, 6.45) is 5.16. The molecule has 0 aliphatic carbocycles. The number of nitrogens with one attached hydrogen (secondary N) is 2. The lowest BCUT2D eigenvalue weighted by Crippen LogP contribution is -2.43. The second kappa shape index (κ2) is 10.4. The van der Waals surface area contributed by atoms with Crippen LogP contribution in [0.3, 0.4) is 0 Å². The molecule has 0 spiro atoms. The number of likely N-dealkylation sites (tertiary alicyclic amines) is 1. The highest BCUT2D eigenvalue weighted by molar-refractivity contribution is 6.30. The van der Waals surface area contributed by atoms with Crippen LogP contribution in [0.15, 0.2) is 35.6 Å². The zero-order chi connectivity index (χ0) is 19.8. The van der Waals surface area contributed by atoms with Crippen molar-refractivity contribution >= 4 is 17.6 Å². The third kappa shape index (κ3) is 5.45. The molecule has 0 saturated carbocycles. The van der Waals surface area contributed by atoms with Crippen LogP contribution < -0.4 is 10.6 Å². The van der Waals surface area contributed by atoms with E-state index in [2.05, 4.69) is 54.3 Å². The second-order valence-electron chi connectivity index (χ2n) is 6.99. The Kier molecular flexibility index (Phi) is 7.68. The monoisotopic (exact) mass is 403 g/mol. The summed E-state index contributed by atoms with van der Waals surface area (Å²) >= 11 is 6.24. The van der Waals surface area contributed by atoms with Gasteiger partial charge < -0.3 is 15.2 Å². The van der Waals surface area contributed by atoms with Gasteiger partial charge in [0.15, 0.2) is 5.96 Å². The Hall–Kier alpha value is -2.12. The van der Waals surface area contributed by atoms with E-state index in [4.69, 9.17) is 11.6 Å². The smallest absolute Gasteiger partial charge is 0.191 e. The molecule has 1 unspecified atom stereocenters. The van der Waals surface area contributed by atoms with Crippen molar-refractivity contribution in [3.8, 4) is 0 Å². The molecular weight excluding hydrogens is 374 g/mol. The topological polar surface area (TPSA) is 70.4 Å². The lowest BCUT2D eigenvalue weighted by molar-refractivity contribution is 0.245. The van der Waals surface area contributed by atoms with E-state index in [0.717, 1.165) is 56.0 Å². The average molecular weight is 404 g/mol. The molecule has 1 aliphatic rings. The summed E-state index contributed by atoms with van der Waals surface area (Å²) in [6.45, 7) is 6.68. The van der Waals surface area contributed by atoms with Gasteiger partial charge in [-0.2, -0.15) is 0 Å². The number of hydrogen-bond acceptors (Lipinski definition) is 4. The van der Waals surface area contributed by atoms with Crippen LogP contribution in [0.5, 0.6) is 0 Å². The normalized spacial score (nSPS) is 16.3. The number of halogens is 1. The highest BCUT2D eigenvalue weighted by Gasteiger charge is 2.23. The first kappa shape index (κ1) is 20.6. The highest BCUT2D eigenvalue weighted by Crippen LogP contribution is 2.26. The number of aryl methyl sites for hydroxylation is 1. The first-order valence-electron chi connectivity index (χ1n) is 10.0. The van der Waals surface area contributed by atoms with Crippen LogP contribution in [0.2, 0.25) is 5.02 Å². The molecular formula is C20H30ClN7. The molecule has 1 aliphatic heterocycles. The van der Waals surface area contributed by atoms with E-state index in [-0.39, 0.29) is 6.04 Å². The maximum absolute atomic E-state index is 6.24. The first-order chi connectivity index (χ1) is 13.7. The Morgan fingerprint density at radius 2 is 2.11 bits per heavy atom. The number of rotatable bonds is 8. The molecule has 1 aromatic carbocycles. The number of nitrogens with zero attached hydrogens (tertiary/aromatic N) is 5. The summed E-state index contributed by atoms with van der Waals surface area (Å²) in [4.78, 5) is 6.89. The highest BCUT2D eigenvalue weighted by atomic mass is 35.5. The second-order valence-corrected chi connectivity index (χ2v) is 7.42. The van der Waals surface area contributed by atoms with Crippen LogP contribution in [0, 0.1) is 0 Å². The zero-order valence-corrected chi connectivity index (χ0v) is 17.5. The fraction of sp³-hybridized carbons (Fsp3) is 0.550. The molecule has 0 amide bonds. The quantitative estimate of drug-likeness (QED) is 0.523. The molecule has 2 heterocycles. The number of hydrogen-bond donors (Lipinski definition) is 2. The van der Waals surface area contributed by atoms with E-state index in [9.17, 15) is 0 Å². The maximum atomic E-state index is 6.24. The summed E-state index contributed by atoms with van der Waals surface area (Å²) in [5.74, 6) is 1.80. The van der Waals surface area contributed by atoms with Crippen molar-refractivity contribution in [1.29, 1.82) is 0 Å². The van der Waals surface area contributed by atoms with Gasteiger partial charge in [0.2, 0.25) is 0 Å². The van der Waals surface area contributed by atoms with Gasteiger partial charge in [-0.1, -0.05) is 30.7 Å². The van der Waals surface area contributed by atoms with Crippen LogP contribution >= 0.6 is 11.6 Å². The third-order valence-electron chi connectivity index (χ3n) is 5.16. The molecule has 8 heteroatoms. The molecule has 7 nitrogen and oxygen atoms in total. The molecule has 2 aromatic rings. The van der Waals surface area contributed by atoms with Gasteiger partial charge in [0.05, 0.1) is 6.04 Å². The lowest BCUT2D eigenvalue weighted by Gasteiger charge is -2.29. The van der Waals surface area contributed by atoms with Gasteiger partial charge in [-0.25, -0.2) is 0 Å². The van der Waals surface area contributed by atoms with Crippen LogP contribution in [0.4, 0.5) is 0 Å². The van der Waals surface area contributed by atoms with Gasteiger partial charge in [-0.3, -0.25) is 9.89 Å². The molecule has 152 valence electrons. The van der Waals surface area contributed by atoms with Gasteiger partial charge in [0.1, 0.15) is 12.2 Å². The Morgan fingerprint density at radius 3 is 2.82 bits per heavy atom. The van der Waals surface area contributed by atoms with Crippen molar-refractivity contribution in [2.75, 3.05) is 33.2 Å². The fourth-order valence-corrected chi connectivity index (χ4v) is 3.87. The maximum Gasteiger partial charge on any atom is 0.191 e. The van der Waals surface area contributed by atoms with E-state index in [1.807, 2.05) is 12.1 Å². The summed E-state index contributed by atoms with van der Waals surface area (Å²) in [6, 6.07) is 8.46. The number of aromatic nitrogens is 3. The minimum absolute atomic E-state index is 0.282. The predicted molar refractivity (Wildman–Crippen MR) is 114 cm³/mol. The predicted octanol–water partition coefficient (Wildman–Crippen LogP) is 2.50. The molecule has 1 aromatic heterocycles. The van der Waals surface area contributed by atoms with Gasteiger partial charge in [-0.05, 0) is 43.6 Å². The summed E-state index contributed by atoms with van der Waals surface area (Å²) in [7, 11) is 1.80. The van der Waals surface area contributed by atoms with Crippen molar-refractivity contribution in [3.63, 3.8) is 0 Å². The van der Waals surface area contributed by atoms with E-state index < -0.39 is 0 Å². The number of benzene rings is 1. The fourth-order valence-electron chi connectivity index (χ4n) is 3.67. The first-order valence-corrected chi connectivity index (χ1v) is 10.4. The third-order valence-corrected chi connectivity index (χ3v) is 5.39. The SMILES string of the molecule is CCc1nncn1CCNC(=NC)NCC(c1cccc(Cl)c1)N1CCCC1. The van der Waals surface area contributed by atoms with Crippen LogP contribution in [0.1, 0.15) is 37.2 Å². The lowest BCUT2D eigenvalue weighted by atomic mass is 10.1. The molecule has 1 saturated heterocycles. The van der Waals surface area contributed by atoms with E-state index >= 15 is 0 Å². The van der Waals surface area contributed by atoms with Gasteiger partial charge in [0.25, 0.3) is 0 Å². The molecule has 28 heavy (non-hydrogen) atoms. The minimum Gasteiger partial charge on any atom is -0.355 e. The Morgan fingerprint density at radius 1 is 1.29 bits per heavy atom. The van der Waals surface area contributed by atoms with E-state index in [1.165, 1.54) is 18.4 Å². The summed E-state index contributed by atoms with van der Waals surface area (Å²) < 4.78 is 2.07. The average Bonchev–Trinajstić information content (AvgIpc) is 3.39. The molecule has 0 radical (unpaired) electrons. The van der Waals surface area contributed by atoms with E-state index in [1.54, 1.807) is 13.4 Å². The van der Waals surface area contributed by atoms with Gasteiger partial charge in [-0.15, -0.1) is 10.2 Å². The van der Waals surface area contributed by atoms with Gasteiger partial charge in [0, 0.05) is 38.1 Å². The Balaban J connectivity index is 1.56.